The van der Waals surface area contributed by atoms with Crippen molar-refractivity contribution < 1.29 is 9.47 Å². The van der Waals surface area contributed by atoms with Crippen molar-refractivity contribution in [3.05, 3.63) is 0 Å². The molecule has 0 saturated heterocycles. The normalized spacial score (nSPS) is 33.2. The maximum absolute atomic E-state index is 5.63. The van der Waals surface area contributed by atoms with Crippen LogP contribution in [0.15, 0.2) is 0 Å². The van der Waals surface area contributed by atoms with E-state index in [-0.39, 0.29) is 0 Å². The van der Waals surface area contributed by atoms with Crippen LogP contribution in [0.5, 0.6) is 0 Å². The third-order valence-corrected chi connectivity index (χ3v) is 4.63. The maximum atomic E-state index is 5.63. The summed E-state index contributed by atoms with van der Waals surface area (Å²) in [7, 11) is 3.77. The standard InChI is InChI=1S/C14H27NO2/c1-15-14(10-17-6-5-16-2)9-13-8-11-3-4-12(13)7-11/h11-15H,3-10H2,1-2H3. The minimum absolute atomic E-state index is 0.524. The molecule has 3 nitrogen and oxygen atoms in total. The van der Waals surface area contributed by atoms with Gasteiger partial charge in [-0.15, -0.1) is 0 Å². The van der Waals surface area contributed by atoms with Crippen LogP contribution < -0.4 is 5.32 Å². The van der Waals surface area contributed by atoms with E-state index in [1.165, 1.54) is 32.1 Å². The summed E-state index contributed by atoms with van der Waals surface area (Å²) in [6, 6.07) is 0.524. The first-order valence-electron chi connectivity index (χ1n) is 7.07. The van der Waals surface area contributed by atoms with Crippen LogP contribution in [0.2, 0.25) is 0 Å². The highest BCUT2D eigenvalue weighted by Gasteiger charge is 2.39. The number of methoxy groups -OCH3 is 1. The molecule has 3 heteroatoms. The zero-order valence-electron chi connectivity index (χ0n) is 11.3. The zero-order valence-corrected chi connectivity index (χ0v) is 11.3. The highest BCUT2D eigenvalue weighted by Crippen LogP contribution is 2.49. The van der Waals surface area contributed by atoms with Crippen LogP contribution in [0.25, 0.3) is 0 Å². The first kappa shape index (κ1) is 13.3. The number of likely N-dealkylation sites (N-methyl/N-ethyl adjacent to an activating group) is 1. The Morgan fingerprint density at radius 2 is 2.12 bits per heavy atom. The van der Waals surface area contributed by atoms with Gasteiger partial charge in [0.05, 0.1) is 19.8 Å². The molecule has 4 atom stereocenters. The number of nitrogens with one attached hydrogen (secondary N) is 1. The van der Waals surface area contributed by atoms with Crippen LogP contribution in [0, 0.1) is 17.8 Å². The van der Waals surface area contributed by atoms with Gasteiger partial charge in [0.25, 0.3) is 0 Å². The summed E-state index contributed by atoms with van der Waals surface area (Å²) in [5.74, 6) is 3.03. The predicted molar refractivity (Wildman–Crippen MR) is 69.1 cm³/mol. The maximum Gasteiger partial charge on any atom is 0.0701 e. The van der Waals surface area contributed by atoms with E-state index in [4.69, 9.17) is 9.47 Å². The second-order valence-electron chi connectivity index (χ2n) is 5.72. The molecule has 0 aromatic rings. The molecule has 0 spiro atoms. The van der Waals surface area contributed by atoms with E-state index in [9.17, 15) is 0 Å². The molecule has 0 aromatic carbocycles. The summed E-state index contributed by atoms with van der Waals surface area (Å²) < 4.78 is 10.6. The molecule has 2 fully saturated rings. The average Bonchev–Trinajstić information content (AvgIpc) is 2.95. The highest BCUT2D eigenvalue weighted by molar-refractivity contribution is 4.91. The van der Waals surface area contributed by atoms with Gasteiger partial charge in [-0.2, -0.15) is 0 Å². The Morgan fingerprint density at radius 1 is 1.24 bits per heavy atom. The molecule has 2 bridgehead atoms. The summed E-state index contributed by atoms with van der Waals surface area (Å²) in [6.45, 7) is 2.24. The average molecular weight is 241 g/mol. The molecule has 0 heterocycles. The van der Waals surface area contributed by atoms with Crippen molar-refractivity contribution >= 4 is 0 Å². The lowest BCUT2D eigenvalue weighted by atomic mass is 9.84. The molecule has 2 rings (SSSR count). The van der Waals surface area contributed by atoms with Gasteiger partial charge in [0, 0.05) is 13.2 Å². The fraction of sp³-hybridized carbons (Fsp3) is 1.00. The molecule has 100 valence electrons. The van der Waals surface area contributed by atoms with Gasteiger partial charge in [-0.3, -0.25) is 0 Å². The largest absolute Gasteiger partial charge is 0.382 e. The third kappa shape index (κ3) is 3.67. The Hall–Kier alpha value is -0.120. The Kier molecular flexibility index (Phi) is 5.26. The van der Waals surface area contributed by atoms with E-state index in [0.29, 0.717) is 19.3 Å². The highest BCUT2D eigenvalue weighted by atomic mass is 16.5. The number of hydrogen-bond acceptors (Lipinski definition) is 3. The number of ether oxygens (including phenoxy) is 2. The van der Waals surface area contributed by atoms with Gasteiger partial charge < -0.3 is 14.8 Å². The summed E-state index contributed by atoms with van der Waals surface area (Å²) >= 11 is 0. The van der Waals surface area contributed by atoms with E-state index in [0.717, 1.165) is 24.4 Å². The molecule has 0 aromatic heterocycles. The molecule has 0 aliphatic heterocycles. The molecule has 4 unspecified atom stereocenters. The summed E-state index contributed by atoms with van der Waals surface area (Å²) in [4.78, 5) is 0. The van der Waals surface area contributed by atoms with Crippen LogP contribution in [0.1, 0.15) is 32.1 Å². The minimum Gasteiger partial charge on any atom is -0.382 e. The molecule has 0 radical (unpaired) electrons. The van der Waals surface area contributed by atoms with Gasteiger partial charge in [-0.05, 0) is 50.5 Å². The fourth-order valence-corrected chi connectivity index (χ4v) is 3.67. The van der Waals surface area contributed by atoms with Crippen molar-refractivity contribution in [3.63, 3.8) is 0 Å². The summed E-state index contributed by atoms with van der Waals surface area (Å²) in [5.41, 5.74) is 0. The van der Waals surface area contributed by atoms with Crippen LogP contribution in [-0.4, -0.2) is 40.0 Å². The Morgan fingerprint density at radius 3 is 2.71 bits per heavy atom. The van der Waals surface area contributed by atoms with E-state index in [1.54, 1.807) is 7.11 Å². The lowest BCUT2D eigenvalue weighted by Crippen LogP contribution is -2.34. The lowest BCUT2D eigenvalue weighted by Gasteiger charge is -2.26. The third-order valence-electron chi connectivity index (χ3n) is 4.63. The van der Waals surface area contributed by atoms with Gasteiger partial charge in [-0.1, -0.05) is 6.42 Å². The smallest absolute Gasteiger partial charge is 0.0701 e. The quantitative estimate of drug-likeness (QED) is 0.660. The number of fused-ring (bicyclic) bond motifs is 2. The summed E-state index contributed by atoms with van der Waals surface area (Å²) in [6.07, 6.45) is 7.25. The Bertz CT molecular complexity index is 222. The molecule has 17 heavy (non-hydrogen) atoms. The summed E-state index contributed by atoms with van der Waals surface area (Å²) in [5, 5.41) is 3.40. The second-order valence-corrected chi connectivity index (χ2v) is 5.72. The molecular weight excluding hydrogens is 214 g/mol. The van der Waals surface area contributed by atoms with Gasteiger partial charge in [0.1, 0.15) is 0 Å². The molecule has 0 amide bonds. The monoisotopic (exact) mass is 241 g/mol. The van der Waals surface area contributed by atoms with Crippen molar-refractivity contribution in [2.24, 2.45) is 17.8 Å². The molecule has 2 aliphatic carbocycles. The van der Waals surface area contributed by atoms with E-state index in [1.807, 2.05) is 0 Å². The van der Waals surface area contributed by atoms with Crippen molar-refractivity contribution in [3.8, 4) is 0 Å². The molecule has 2 aliphatic rings. The van der Waals surface area contributed by atoms with Crippen molar-refractivity contribution in [1.82, 2.24) is 5.32 Å². The van der Waals surface area contributed by atoms with E-state index < -0.39 is 0 Å². The molecular formula is C14H27NO2. The van der Waals surface area contributed by atoms with Gasteiger partial charge in [0.15, 0.2) is 0 Å². The molecule has 1 N–H and O–H groups in total. The van der Waals surface area contributed by atoms with E-state index >= 15 is 0 Å². The SMILES string of the molecule is CNC(COCCOC)CC1CC2CCC1C2. The predicted octanol–water partition coefficient (Wildman–Crippen LogP) is 2.06. The van der Waals surface area contributed by atoms with Crippen molar-refractivity contribution in [2.45, 2.75) is 38.1 Å². The van der Waals surface area contributed by atoms with Gasteiger partial charge >= 0.3 is 0 Å². The Balaban J connectivity index is 1.65. The first-order chi connectivity index (χ1) is 8.33. The molecule has 2 saturated carbocycles. The van der Waals surface area contributed by atoms with Crippen molar-refractivity contribution in [1.29, 1.82) is 0 Å². The van der Waals surface area contributed by atoms with Crippen molar-refractivity contribution in [2.75, 3.05) is 34.0 Å². The second kappa shape index (κ2) is 6.72. The number of rotatable bonds is 8. The van der Waals surface area contributed by atoms with Gasteiger partial charge in [0.2, 0.25) is 0 Å². The van der Waals surface area contributed by atoms with Crippen LogP contribution in [0.3, 0.4) is 0 Å². The topological polar surface area (TPSA) is 30.5 Å². The van der Waals surface area contributed by atoms with E-state index in [2.05, 4.69) is 12.4 Å². The first-order valence-corrected chi connectivity index (χ1v) is 7.07. The fourth-order valence-electron chi connectivity index (χ4n) is 3.67. The minimum atomic E-state index is 0.524. The van der Waals surface area contributed by atoms with Crippen LogP contribution in [-0.2, 0) is 9.47 Å². The lowest BCUT2D eigenvalue weighted by molar-refractivity contribution is 0.0544. The zero-order chi connectivity index (χ0) is 12.1. The Labute approximate surface area is 105 Å². The van der Waals surface area contributed by atoms with Gasteiger partial charge in [-0.25, -0.2) is 0 Å². The van der Waals surface area contributed by atoms with Crippen LogP contribution in [0.4, 0.5) is 0 Å². The number of hydrogen-bond donors (Lipinski definition) is 1. The van der Waals surface area contributed by atoms with Crippen LogP contribution >= 0.6 is 0 Å².